The highest BCUT2D eigenvalue weighted by atomic mass is 32.1. The van der Waals surface area contributed by atoms with E-state index in [4.69, 9.17) is 4.52 Å². The highest BCUT2D eigenvalue weighted by molar-refractivity contribution is 7.22. The average molecular weight is 364 g/mol. The van der Waals surface area contributed by atoms with Gasteiger partial charge in [0.1, 0.15) is 0 Å². The first-order valence-corrected chi connectivity index (χ1v) is 8.51. The maximum atomic E-state index is 12.3. The van der Waals surface area contributed by atoms with Crippen LogP contribution in [0.3, 0.4) is 0 Å². The summed E-state index contributed by atoms with van der Waals surface area (Å²) < 4.78 is 5.95. The Hall–Kier alpha value is -3.52. The molecule has 2 N–H and O–H groups in total. The molecule has 4 aromatic rings. The van der Waals surface area contributed by atoms with Crippen LogP contribution in [0.5, 0.6) is 0 Å². The van der Waals surface area contributed by atoms with Crippen LogP contribution in [-0.4, -0.2) is 22.0 Å². The van der Waals surface area contributed by atoms with Crippen molar-refractivity contribution in [2.75, 3.05) is 10.6 Å². The fraction of sp³-hybridized carbons (Fsp3) is 0. The monoisotopic (exact) mass is 364 g/mol. The summed E-state index contributed by atoms with van der Waals surface area (Å²) in [6.45, 7) is 0. The van der Waals surface area contributed by atoms with Gasteiger partial charge in [-0.15, -0.1) is 0 Å². The second-order valence-electron chi connectivity index (χ2n) is 5.34. The first-order valence-electron chi connectivity index (χ1n) is 7.69. The number of hydrogen-bond acceptors (Lipinski definition) is 6. The molecule has 0 aliphatic heterocycles. The van der Waals surface area contributed by atoms with Gasteiger partial charge in [0.15, 0.2) is 10.8 Å². The summed E-state index contributed by atoms with van der Waals surface area (Å²) in [5.74, 6) is -1.04. The smallest absolute Gasteiger partial charge is 0.296 e. The van der Waals surface area contributed by atoms with Crippen molar-refractivity contribution in [1.82, 2.24) is 10.1 Å². The van der Waals surface area contributed by atoms with Gasteiger partial charge in [0.2, 0.25) is 5.76 Å². The maximum absolute atomic E-state index is 12.3. The summed E-state index contributed by atoms with van der Waals surface area (Å²) in [5, 5.41) is 9.43. The lowest BCUT2D eigenvalue weighted by Crippen LogP contribution is -2.13. The van der Waals surface area contributed by atoms with Gasteiger partial charge in [0.05, 0.1) is 10.2 Å². The van der Waals surface area contributed by atoms with Gasteiger partial charge in [-0.2, -0.15) is 0 Å². The number of benzene rings is 2. The van der Waals surface area contributed by atoms with Crippen LogP contribution >= 0.6 is 11.3 Å². The number of fused-ring (bicyclic) bond motifs is 1. The number of anilines is 2. The van der Waals surface area contributed by atoms with Crippen molar-refractivity contribution >= 4 is 44.2 Å². The lowest BCUT2D eigenvalue weighted by atomic mass is 10.3. The molecule has 2 aromatic carbocycles. The predicted molar refractivity (Wildman–Crippen MR) is 98.5 cm³/mol. The molecule has 0 atom stereocenters. The molecule has 0 bridgehead atoms. The molecule has 4 rings (SSSR count). The summed E-state index contributed by atoms with van der Waals surface area (Å²) >= 11 is 1.35. The molecule has 0 aliphatic rings. The van der Waals surface area contributed by atoms with Crippen LogP contribution in [0.2, 0.25) is 0 Å². The molecule has 26 heavy (non-hydrogen) atoms. The fourth-order valence-corrected chi connectivity index (χ4v) is 3.15. The van der Waals surface area contributed by atoms with Gasteiger partial charge in [0, 0.05) is 11.8 Å². The molecule has 0 saturated heterocycles. The molecule has 0 spiro atoms. The van der Waals surface area contributed by atoms with Crippen LogP contribution in [0.25, 0.3) is 10.2 Å². The Morgan fingerprint density at radius 2 is 1.69 bits per heavy atom. The van der Waals surface area contributed by atoms with Crippen molar-refractivity contribution in [2.45, 2.75) is 0 Å². The van der Waals surface area contributed by atoms with Gasteiger partial charge in [0.25, 0.3) is 11.8 Å². The standard InChI is InChI=1S/C18H12N4O3S/c23-16(19-11-6-2-1-3-7-11)13-10-14(25-22-13)17(24)21-18-20-12-8-4-5-9-15(12)26-18/h1-10H,(H,19,23)(H,20,21,24). The first kappa shape index (κ1) is 16.0. The minimum atomic E-state index is -0.518. The molecule has 0 fully saturated rings. The average Bonchev–Trinajstić information content (AvgIpc) is 3.29. The Balaban J connectivity index is 1.46. The number of rotatable bonds is 4. The van der Waals surface area contributed by atoms with E-state index < -0.39 is 11.8 Å². The van der Waals surface area contributed by atoms with Gasteiger partial charge >= 0.3 is 0 Å². The highest BCUT2D eigenvalue weighted by Gasteiger charge is 2.19. The molecular weight excluding hydrogens is 352 g/mol. The zero-order valence-corrected chi connectivity index (χ0v) is 14.1. The van der Waals surface area contributed by atoms with E-state index in [0.717, 1.165) is 10.2 Å². The topological polar surface area (TPSA) is 97.1 Å². The van der Waals surface area contributed by atoms with Gasteiger partial charge in [-0.3, -0.25) is 14.9 Å². The van der Waals surface area contributed by atoms with E-state index in [1.54, 1.807) is 24.3 Å². The van der Waals surface area contributed by atoms with E-state index in [0.29, 0.717) is 10.8 Å². The summed E-state index contributed by atoms with van der Waals surface area (Å²) in [4.78, 5) is 28.7. The third-order valence-corrected chi connectivity index (χ3v) is 4.46. The lowest BCUT2D eigenvalue weighted by Gasteiger charge is -2.00. The normalized spacial score (nSPS) is 10.6. The van der Waals surface area contributed by atoms with Crippen LogP contribution in [0.4, 0.5) is 10.8 Å². The number of thiazole rings is 1. The van der Waals surface area contributed by atoms with Crippen molar-refractivity contribution in [3.05, 3.63) is 72.1 Å². The second kappa shape index (κ2) is 6.77. The zero-order valence-electron chi connectivity index (χ0n) is 13.3. The fourth-order valence-electron chi connectivity index (χ4n) is 2.29. The van der Waals surface area contributed by atoms with Crippen LogP contribution in [0.15, 0.2) is 65.2 Å². The number of hydrogen-bond donors (Lipinski definition) is 2. The summed E-state index contributed by atoms with van der Waals surface area (Å²) in [5.41, 5.74) is 1.44. The quantitative estimate of drug-likeness (QED) is 0.574. The van der Waals surface area contributed by atoms with Crippen molar-refractivity contribution in [3.63, 3.8) is 0 Å². The third kappa shape index (κ3) is 3.31. The summed E-state index contributed by atoms with van der Waals surface area (Å²) in [6.07, 6.45) is 0. The predicted octanol–water partition coefficient (Wildman–Crippen LogP) is 3.79. The first-order chi connectivity index (χ1) is 12.7. The molecule has 0 aliphatic carbocycles. The molecule has 2 amide bonds. The van der Waals surface area contributed by atoms with Gasteiger partial charge < -0.3 is 9.84 Å². The van der Waals surface area contributed by atoms with Crippen LogP contribution in [0.1, 0.15) is 21.0 Å². The summed E-state index contributed by atoms with van der Waals surface area (Å²) in [6, 6.07) is 17.8. The molecular formula is C18H12N4O3S. The molecule has 0 saturated carbocycles. The zero-order chi connectivity index (χ0) is 17.9. The number of carbonyl (C=O) groups is 2. The van der Waals surface area contributed by atoms with E-state index in [1.165, 1.54) is 17.4 Å². The second-order valence-corrected chi connectivity index (χ2v) is 6.37. The highest BCUT2D eigenvalue weighted by Crippen LogP contribution is 2.25. The van der Waals surface area contributed by atoms with Gasteiger partial charge in [-0.05, 0) is 24.3 Å². The number of aromatic nitrogens is 2. The van der Waals surface area contributed by atoms with Crippen LogP contribution in [0, 0.1) is 0 Å². The minimum Gasteiger partial charge on any atom is -0.350 e. The Bertz CT molecular complexity index is 1050. The maximum Gasteiger partial charge on any atom is 0.296 e. The van der Waals surface area contributed by atoms with Crippen molar-refractivity contribution in [1.29, 1.82) is 0 Å². The number of amides is 2. The largest absolute Gasteiger partial charge is 0.350 e. The van der Waals surface area contributed by atoms with Crippen molar-refractivity contribution in [2.24, 2.45) is 0 Å². The van der Waals surface area contributed by atoms with E-state index >= 15 is 0 Å². The Kier molecular flexibility index (Phi) is 4.16. The van der Waals surface area contributed by atoms with E-state index in [9.17, 15) is 9.59 Å². The molecule has 2 aromatic heterocycles. The lowest BCUT2D eigenvalue weighted by molar-refractivity contribution is 0.0980. The van der Waals surface area contributed by atoms with Gasteiger partial charge in [-0.25, -0.2) is 4.98 Å². The number of nitrogens with one attached hydrogen (secondary N) is 2. The Morgan fingerprint density at radius 3 is 2.50 bits per heavy atom. The van der Waals surface area contributed by atoms with Crippen LogP contribution < -0.4 is 10.6 Å². The molecule has 2 heterocycles. The molecule has 7 nitrogen and oxygen atoms in total. The van der Waals surface area contributed by atoms with E-state index in [2.05, 4.69) is 20.8 Å². The Morgan fingerprint density at radius 1 is 0.923 bits per heavy atom. The molecule has 8 heteroatoms. The number of nitrogens with zero attached hydrogens (tertiary/aromatic N) is 2. The third-order valence-electron chi connectivity index (χ3n) is 3.51. The van der Waals surface area contributed by atoms with Crippen LogP contribution in [-0.2, 0) is 0 Å². The van der Waals surface area contributed by atoms with E-state index in [1.807, 2.05) is 30.3 Å². The number of para-hydroxylation sites is 2. The minimum absolute atomic E-state index is 0.0169. The van der Waals surface area contributed by atoms with Gasteiger partial charge in [-0.1, -0.05) is 46.8 Å². The molecule has 0 unspecified atom stereocenters. The number of carbonyl (C=O) groups excluding carboxylic acids is 2. The molecule has 0 radical (unpaired) electrons. The SMILES string of the molecule is O=C(Nc1ccccc1)c1cc(C(=O)Nc2nc3ccccc3s2)on1. The van der Waals surface area contributed by atoms with Crippen molar-refractivity contribution < 1.29 is 14.1 Å². The van der Waals surface area contributed by atoms with Crippen molar-refractivity contribution in [3.8, 4) is 0 Å². The molecule has 128 valence electrons. The summed E-state index contributed by atoms with van der Waals surface area (Å²) in [7, 11) is 0. The Labute approximate surface area is 151 Å². The van der Waals surface area contributed by atoms with E-state index in [-0.39, 0.29) is 11.5 Å².